The van der Waals surface area contributed by atoms with E-state index in [4.69, 9.17) is 0 Å². The number of hydrogen-bond donors (Lipinski definition) is 1. The topological polar surface area (TPSA) is 45.2 Å². The second-order valence-electron chi connectivity index (χ2n) is 5.96. The average Bonchev–Trinajstić information content (AvgIpc) is 3.15. The lowest BCUT2D eigenvalue weighted by atomic mass is 10.2. The minimum Gasteiger partial charge on any atom is -0.372 e. The van der Waals surface area contributed by atoms with Crippen LogP contribution < -0.4 is 10.2 Å². The zero-order valence-electron chi connectivity index (χ0n) is 13.9. The molecule has 0 aliphatic carbocycles. The molecule has 0 radical (unpaired) electrons. The summed E-state index contributed by atoms with van der Waals surface area (Å²) in [5.41, 5.74) is 1.03. The number of benzene rings is 1. The molecule has 0 unspecified atom stereocenters. The van der Waals surface area contributed by atoms with Gasteiger partial charge in [0.2, 0.25) is 5.91 Å². The molecule has 1 amide bonds. The molecule has 0 spiro atoms. The summed E-state index contributed by atoms with van der Waals surface area (Å²) in [6.07, 6.45) is -1.23. The Morgan fingerprint density at radius 3 is 2.38 bits per heavy atom. The Morgan fingerprint density at radius 1 is 1.12 bits per heavy atom. The molecular weight excluding hydrogens is 363 g/mol. The molecule has 4 nitrogen and oxygen atoms in total. The molecule has 1 aliphatic heterocycles. The van der Waals surface area contributed by atoms with E-state index in [1.165, 1.54) is 18.9 Å². The monoisotopic (exact) mass is 381 g/mol. The first kappa shape index (κ1) is 18.6. The standard InChI is InChI=1S/C18H18F3N3OS/c19-18(20,21)13-3-8-17(22-11-13)26-12-16(25)23-14-4-6-15(7-5-14)24-9-1-2-10-24/h3-8,11H,1-2,9-10,12H2,(H,23,25). The van der Waals surface area contributed by atoms with Crippen molar-refractivity contribution < 1.29 is 18.0 Å². The Hall–Kier alpha value is -2.22. The van der Waals surface area contributed by atoms with E-state index in [-0.39, 0.29) is 11.7 Å². The number of alkyl halides is 3. The maximum Gasteiger partial charge on any atom is 0.417 e. The third kappa shape index (κ3) is 4.91. The normalized spacial score (nSPS) is 14.5. The predicted molar refractivity (Wildman–Crippen MR) is 96.5 cm³/mol. The van der Waals surface area contributed by atoms with Gasteiger partial charge in [-0.3, -0.25) is 4.79 Å². The van der Waals surface area contributed by atoms with Gasteiger partial charge in [-0.25, -0.2) is 4.98 Å². The summed E-state index contributed by atoms with van der Waals surface area (Å²) in [6, 6.07) is 9.89. The molecule has 138 valence electrons. The van der Waals surface area contributed by atoms with Crippen molar-refractivity contribution in [3.8, 4) is 0 Å². The van der Waals surface area contributed by atoms with Crippen LogP contribution in [0.5, 0.6) is 0 Å². The molecule has 1 aromatic carbocycles. The maximum absolute atomic E-state index is 12.5. The Morgan fingerprint density at radius 2 is 1.81 bits per heavy atom. The largest absolute Gasteiger partial charge is 0.417 e. The highest BCUT2D eigenvalue weighted by Gasteiger charge is 2.30. The molecule has 1 saturated heterocycles. The van der Waals surface area contributed by atoms with Crippen LogP contribution in [0, 0.1) is 0 Å². The summed E-state index contributed by atoms with van der Waals surface area (Å²) in [5.74, 6) is -0.155. The highest BCUT2D eigenvalue weighted by molar-refractivity contribution is 7.99. The molecule has 3 rings (SSSR count). The third-order valence-corrected chi connectivity index (χ3v) is 4.98. The second-order valence-corrected chi connectivity index (χ2v) is 6.96. The van der Waals surface area contributed by atoms with Crippen molar-refractivity contribution in [2.45, 2.75) is 24.0 Å². The van der Waals surface area contributed by atoms with Crippen LogP contribution in [-0.4, -0.2) is 29.7 Å². The third-order valence-electron chi connectivity index (χ3n) is 4.04. The number of carbonyl (C=O) groups is 1. The van der Waals surface area contributed by atoms with Crippen LogP contribution in [0.15, 0.2) is 47.6 Å². The van der Waals surface area contributed by atoms with Gasteiger partial charge in [-0.15, -0.1) is 0 Å². The molecule has 1 N–H and O–H groups in total. The number of pyridine rings is 1. The molecule has 26 heavy (non-hydrogen) atoms. The van der Waals surface area contributed by atoms with Crippen LogP contribution in [-0.2, 0) is 11.0 Å². The van der Waals surface area contributed by atoms with Gasteiger partial charge in [0.1, 0.15) is 0 Å². The summed E-state index contributed by atoms with van der Waals surface area (Å²) in [4.78, 5) is 18.0. The lowest BCUT2D eigenvalue weighted by Crippen LogP contribution is -2.18. The van der Waals surface area contributed by atoms with E-state index in [0.717, 1.165) is 42.8 Å². The SMILES string of the molecule is O=C(CSc1ccc(C(F)(F)F)cn1)Nc1ccc(N2CCCC2)cc1. The molecular formula is C18H18F3N3OS. The molecule has 0 saturated carbocycles. The fraction of sp³-hybridized carbons (Fsp3) is 0.333. The van der Waals surface area contributed by atoms with Gasteiger partial charge in [0.25, 0.3) is 0 Å². The Labute approximate surface area is 153 Å². The van der Waals surface area contributed by atoms with Gasteiger partial charge in [0.15, 0.2) is 0 Å². The molecule has 2 aromatic rings. The molecule has 0 atom stereocenters. The van der Waals surface area contributed by atoms with Crippen molar-refractivity contribution in [1.29, 1.82) is 0 Å². The fourth-order valence-electron chi connectivity index (χ4n) is 2.70. The van der Waals surface area contributed by atoms with Gasteiger partial charge >= 0.3 is 6.18 Å². The van der Waals surface area contributed by atoms with Crippen LogP contribution in [0.25, 0.3) is 0 Å². The quantitative estimate of drug-likeness (QED) is 0.779. The number of nitrogens with zero attached hydrogens (tertiary/aromatic N) is 2. The van der Waals surface area contributed by atoms with Gasteiger partial charge < -0.3 is 10.2 Å². The first-order valence-corrected chi connectivity index (χ1v) is 9.21. The van der Waals surface area contributed by atoms with Crippen molar-refractivity contribution in [1.82, 2.24) is 4.98 Å². The number of anilines is 2. The van der Waals surface area contributed by atoms with Crippen LogP contribution in [0.3, 0.4) is 0 Å². The molecule has 1 aromatic heterocycles. The zero-order valence-corrected chi connectivity index (χ0v) is 14.7. The fourth-order valence-corrected chi connectivity index (χ4v) is 3.34. The number of halogens is 3. The first-order valence-electron chi connectivity index (χ1n) is 8.23. The minimum atomic E-state index is -4.41. The molecule has 1 aliphatic rings. The summed E-state index contributed by atoms with van der Waals surface area (Å²) in [7, 11) is 0. The van der Waals surface area contributed by atoms with Crippen LogP contribution in [0.1, 0.15) is 18.4 Å². The Bertz CT molecular complexity index is 742. The molecule has 0 bridgehead atoms. The number of rotatable bonds is 5. The summed E-state index contributed by atoms with van der Waals surface area (Å²) < 4.78 is 37.5. The minimum absolute atomic E-state index is 0.0756. The number of carbonyl (C=O) groups excluding carboxylic acids is 1. The van der Waals surface area contributed by atoms with Gasteiger partial charge in [0, 0.05) is 30.7 Å². The number of aromatic nitrogens is 1. The predicted octanol–water partition coefficient (Wildman–Crippen LogP) is 4.43. The van der Waals surface area contributed by atoms with E-state index in [2.05, 4.69) is 15.2 Å². The smallest absolute Gasteiger partial charge is 0.372 e. The average molecular weight is 381 g/mol. The highest BCUT2D eigenvalue weighted by atomic mass is 32.2. The van der Waals surface area contributed by atoms with E-state index < -0.39 is 11.7 Å². The van der Waals surface area contributed by atoms with E-state index in [9.17, 15) is 18.0 Å². The van der Waals surface area contributed by atoms with E-state index >= 15 is 0 Å². The highest BCUT2D eigenvalue weighted by Crippen LogP contribution is 2.29. The van der Waals surface area contributed by atoms with Gasteiger partial charge in [-0.2, -0.15) is 13.2 Å². The molecule has 8 heteroatoms. The van der Waals surface area contributed by atoms with Gasteiger partial charge in [-0.1, -0.05) is 11.8 Å². The van der Waals surface area contributed by atoms with Crippen LogP contribution in [0.2, 0.25) is 0 Å². The maximum atomic E-state index is 12.5. The lowest BCUT2D eigenvalue weighted by molar-refractivity contribution is -0.137. The van der Waals surface area contributed by atoms with Gasteiger partial charge in [-0.05, 0) is 49.2 Å². The van der Waals surface area contributed by atoms with Crippen LogP contribution >= 0.6 is 11.8 Å². The van der Waals surface area contributed by atoms with Crippen LogP contribution in [0.4, 0.5) is 24.5 Å². The Balaban J connectivity index is 1.49. The van der Waals surface area contributed by atoms with Crippen molar-refractivity contribution >= 4 is 29.0 Å². The number of nitrogens with one attached hydrogen (secondary N) is 1. The number of hydrogen-bond acceptors (Lipinski definition) is 4. The summed E-state index contributed by atoms with van der Waals surface area (Å²) >= 11 is 1.09. The summed E-state index contributed by atoms with van der Waals surface area (Å²) in [5, 5.41) is 3.15. The van der Waals surface area contributed by atoms with E-state index in [0.29, 0.717) is 10.7 Å². The second kappa shape index (κ2) is 7.99. The van der Waals surface area contributed by atoms with Crippen molar-refractivity contribution in [3.63, 3.8) is 0 Å². The lowest BCUT2D eigenvalue weighted by Gasteiger charge is -2.17. The Kier molecular flexibility index (Phi) is 5.70. The van der Waals surface area contributed by atoms with Crippen molar-refractivity contribution in [3.05, 3.63) is 48.2 Å². The molecule has 1 fully saturated rings. The number of thioether (sulfide) groups is 1. The first-order chi connectivity index (χ1) is 12.4. The number of amides is 1. The van der Waals surface area contributed by atoms with E-state index in [1.807, 2.05) is 24.3 Å². The van der Waals surface area contributed by atoms with E-state index in [1.54, 1.807) is 0 Å². The zero-order chi connectivity index (χ0) is 18.6. The summed E-state index contributed by atoms with van der Waals surface area (Å²) in [6.45, 7) is 2.12. The molecule has 2 heterocycles. The van der Waals surface area contributed by atoms with Crippen molar-refractivity contribution in [2.75, 3.05) is 29.1 Å². The van der Waals surface area contributed by atoms with Crippen molar-refractivity contribution in [2.24, 2.45) is 0 Å². The van der Waals surface area contributed by atoms with Gasteiger partial charge in [0.05, 0.1) is 16.3 Å².